The van der Waals surface area contributed by atoms with Crippen molar-refractivity contribution in [3.63, 3.8) is 0 Å². The van der Waals surface area contributed by atoms with Crippen molar-refractivity contribution in [1.82, 2.24) is 4.98 Å². The van der Waals surface area contributed by atoms with E-state index < -0.39 is 0 Å². The summed E-state index contributed by atoms with van der Waals surface area (Å²) in [6.45, 7) is 0. The summed E-state index contributed by atoms with van der Waals surface area (Å²) in [6, 6.07) is 2.12. The molecule has 1 fully saturated rings. The highest BCUT2D eigenvalue weighted by Crippen LogP contribution is 2.51. The Morgan fingerprint density at radius 1 is 1.00 bits per heavy atom. The number of nitrogens with zero attached hydrogens (tertiary/aromatic N) is 1. The Labute approximate surface area is 138 Å². The highest BCUT2D eigenvalue weighted by molar-refractivity contribution is 9.10. The summed E-state index contributed by atoms with van der Waals surface area (Å²) in [5.74, 6) is 0.996. The molecule has 2 aromatic carbocycles. The fourth-order valence-corrected chi connectivity index (χ4v) is 4.61. The molecule has 6 rings (SSSR count). The average Bonchev–Trinajstić information content (AvgIpc) is 2.64. The van der Waals surface area contributed by atoms with Crippen LogP contribution in [0.3, 0.4) is 0 Å². The van der Waals surface area contributed by atoms with Crippen LogP contribution < -0.4 is 0 Å². The van der Waals surface area contributed by atoms with Crippen LogP contribution in [0.5, 0.6) is 0 Å². The van der Waals surface area contributed by atoms with E-state index in [2.05, 4.69) is 20.9 Å². The van der Waals surface area contributed by atoms with Gasteiger partial charge in [0.15, 0.2) is 0 Å². The standard InChI is InChI=1S/C19H16BrN/c20-17-3-1-2-14-13(17)8-9-15-18-12-6-4-11(5-7-12)16(18)10-21-19(14)15/h1-3,8-12H,4-7H2/i1D,3D,8D,9D. The number of aromatic nitrogens is 1. The fraction of sp³-hybridized carbons (Fsp3) is 0.316. The first-order valence-corrected chi connectivity index (χ1v) is 8.29. The molecule has 0 amide bonds. The van der Waals surface area contributed by atoms with Crippen molar-refractivity contribution in [2.24, 2.45) is 0 Å². The Morgan fingerprint density at radius 2 is 1.76 bits per heavy atom. The van der Waals surface area contributed by atoms with Gasteiger partial charge in [-0.1, -0.05) is 40.1 Å². The average molecular weight is 342 g/mol. The van der Waals surface area contributed by atoms with Crippen LogP contribution in [0.4, 0.5) is 0 Å². The summed E-state index contributed by atoms with van der Waals surface area (Å²) in [4.78, 5) is 4.69. The second kappa shape index (κ2) is 4.30. The van der Waals surface area contributed by atoms with Crippen molar-refractivity contribution in [3.8, 4) is 0 Å². The SMILES string of the molecule is [2H]c1cc2c(c([2H])c([2H])c3c4c(cnc32)C2CCC4CC2)c(Br)c1[2H]. The third-order valence-corrected chi connectivity index (χ3v) is 5.77. The van der Waals surface area contributed by atoms with Crippen molar-refractivity contribution in [2.75, 3.05) is 0 Å². The maximum absolute atomic E-state index is 8.65. The molecule has 1 saturated carbocycles. The molecule has 0 radical (unpaired) electrons. The maximum atomic E-state index is 8.65. The van der Waals surface area contributed by atoms with Gasteiger partial charge in [-0.2, -0.15) is 0 Å². The molecule has 2 heteroatoms. The zero-order chi connectivity index (χ0) is 17.5. The lowest BCUT2D eigenvalue weighted by Gasteiger charge is -2.38. The monoisotopic (exact) mass is 341 g/mol. The first-order chi connectivity index (χ1) is 12.0. The lowest BCUT2D eigenvalue weighted by Crippen LogP contribution is -2.22. The summed E-state index contributed by atoms with van der Waals surface area (Å²) in [5, 5.41) is 2.02. The van der Waals surface area contributed by atoms with Crippen molar-refractivity contribution in [2.45, 2.75) is 37.5 Å². The third-order valence-electron chi connectivity index (χ3n) is 5.18. The Balaban J connectivity index is 2.02. The summed E-state index contributed by atoms with van der Waals surface area (Å²) >= 11 is 3.37. The molecular formula is C19H16BrN. The predicted molar refractivity (Wildman–Crippen MR) is 90.9 cm³/mol. The lowest BCUT2D eigenvalue weighted by molar-refractivity contribution is 0.360. The summed E-state index contributed by atoms with van der Waals surface area (Å²) < 4.78 is 33.7. The molecule has 0 atom stereocenters. The zero-order valence-corrected chi connectivity index (χ0v) is 13.0. The topological polar surface area (TPSA) is 12.9 Å². The smallest absolute Gasteiger partial charge is 0.0783 e. The van der Waals surface area contributed by atoms with Crippen LogP contribution in [-0.2, 0) is 0 Å². The maximum Gasteiger partial charge on any atom is 0.0783 e. The number of benzene rings is 2. The third kappa shape index (κ3) is 1.60. The van der Waals surface area contributed by atoms with Gasteiger partial charge in [-0.25, -0.2) is 0 Å². The molecular weight excluding hydrogens is 322 g/mol. The fourth-order valence-electron chi connectivity index (χ4n) is 4.19. The van der Waals surface area contributed by atoms with Crippen molar-refractivity contribution >= 4 is 37.6 Å². The highest BCUT2D eigenvalue weighted by atomic mass is 79.9. The minimum atomic E-state index is 0.0526. The summed E-state index contributed by atoms with van der Waals surface area (Å²) in [6.07, 6.45) is 6.66. The van der Waals surface area contributed by atoms with E-state index >= 15 is 0 Å². The van der Waals surface area contributed by atoms with Crippen LogP contribution in [0.2, 0.25) is 0 Å². The Bertz CT molecular complexity index is 1070. The van der Waals surface area contributed by atoms with Gasteiger partial charge < -0.3 is 0 Å². The summed E-state index contributed by atoms with van der Waals surface area (Å²) in [7, 11) is 0. The second-order valence-corrected chi connectivity index (χ2v) is 6.96. The first kappa shape index (κ1) is 8.89. The normalized spacial score (nSPS) is 26.3. The number of hydrogen-bond acceptors (Lipinski definition) is 1. The lowest BCUT2D eigenvalue weighted by atomic mass is 9.66. The molecule has 0 N–H and O–H groups in total. The van der Waals surface area contributed by atoms with Gasteiger partial charge in [0.1, 0.15) is 0 Å². The van der Waals surface area contributed by atoms with Gasteiger partial charge in [0.2, 0.25) is 0 Å². The van der Waals surface area contributed by atoms with Crippen LogP contribution in [0.15, 0.2) is 40.9 Å². The van der Waals surface area contributed by atoms with Crippen LogP contribution in [0.1, 0.15) is 54.1 Å². The van der Waals surface area contributed by atoms with Gasteiger partial charge in [-0.3, -0.25) is 4.98 Å². The van der Waals surface area contributed by atoms with E-state index in [1.54, 1.807) is 6.07 Å². The van der Waals surface area contributed by atoms with E-state index in [1.165, 1.54) is 24.0 Å². The number of pyridine rings is 1. The molecule has 0 unspecified atom stereocenters. The molecule has 0 spiro atoms. The summed E-state index contributed by atoms with van der Waals surface area (Å²) in [5.41, 5.74) is 3.20. The van der Waals surface area contributed by atoms with Crippen molar-refractivity contribution < 1.29 is 5.48 Å². The number of halogens is 1. The van der Waals surface area contributed by atoms with E-state index in [1.807, 2.05) is 6.20 Å². The first-order valence-electron chi connectivity index (χ1n) is 9.50. The van der Waals surface area contributed by atoms with E-state index in [-0.39, 0.29) is 24.2 Å². The molecule has 3 aromatic rings. The van der Waals surface area contributed by atoms with Crippen LogP contribution in [0, 0.1) is 0 Å². The van der Waals surface area contributed by atoms with Gasteiger partial charge in [0.05, 0.1) is 11.0 Å². The van der Waals surface area contributed by atoms with Crippen LogP contribution >= 0.6 is 15.9 Å². The molecule has 1 heterocycles. The van der Waals surface area contributed by atoms with Gasteiger partial charge in [-0.15, -0.1) is 0 Å². The Kier molecular flexibility index (Phi) is 1.82. The van der Waals surface area contributed by atoms with Gasteiger partial charge in [0, 0.05) is 21.4 Å². The molecule has 2 bridgehead atoms. The van der Waals surface area contributed by atoms with Gasteiger partial charge in [0.25, 0.3) is 0 Å². The van der Waals surface area contributed by atoms with Gasteiger partial charge >= 0.3 is 0 Å². The van der Waals surface area contributed by atoms with E-state index in [0.717, 1.165) is 18.2 Å². The number of fused-ring (bicyclic) bond motifs is 5. The molecule has 1 aromatic heterocycles. The molecule has 21 heavy (non-hydrogen) atoms. The largest absolute Gasteiger partial charge is 0.255 e. The quantitative estimate of drug-likeness (QED) is 0.463. The van der Waals surface area contributed by atoms with Crippen molar-refractivity contribution in [1.29, 1.82) is 0 Å². The molecule has 3 aliphatic carbocycles. The number of hydrogen-bond donors (Lipinski definition) is 0. The van der Waals surface area contributed by atoms with Crippen molar-refractivity contribution in [3.05, 3.63) is 52.0 Å². The van der Waals surface area contributed by atoms with Gasteiger partial charge in [-0.05, 0) is 60.1 Å². The zero-order valence-electron chi connectivity index (χ0n) is 15.5. The predicted octanol–water partition coefficient (Wildman–Crippen LogP) is 5.91. The molecule has 3 aliphatic rings. The molecule has 1 nitrogen and oxygen atoms in total. The van der Waals surface area contributed by atoms with E-state index in [0.29, 0.717) is 32.6 Å². The minimum absolute atomic E-state index is 0.0526. The number of rotatable bonds is 0. The molecule has 104 valence electrons. The van der Waals surface area contributed by atoms with E-state index in [9.17, 15) is 0 Å². The Morgan fingerprint density at radius 3 is 2.62 bits per heavy atom. The highest BCUT2D eigenvalue weighted by Gasteiger charge is 2.34. The minimum Gasteiger partial charge on any atom is -0.255 e. The Hall–Kier alpha value is -1.41. The van der Waals surface area contributed by atoms with E-state index in [4.69, 9.17) is 5.48 Å². The van der Waals surface area contributed by atoms with Crippen LogP contribution in [-0.4, -0.2) is 4.98 Å². The second-order valence-electron chi connectivity index (χ2n) is 6.17. The molecule has 0 aliphatic heterocycles. The van der Waals surface area contributed by atoms with Crippen LogP contribution in [0.25, 0.3) is 21.7 Å². The molecule has 0 saturated heterocycles.